The van der Waals surface area contributed by atoms with Gasteiger partial charge in [-0.2, -0.15) is 0 Å². The van der Waals surface area contributed by atoms with Crippen molar-refractivity contribution in [2.75, 3.05) is 27.3 Å². The lowest BCUT2D eigenvalue weighted by molar-refractivity contribution is -0.126. The fourth-order valence-electron chi connectivity index (χ4n) is 1.16. The number of likely N-dealkylation sites (N-methyl/N-ethyl adjacent to an activating group) is 1. The number of rotatable bonds is 7. The molecular weight excluding hydrogens is 297 g/mol. The molecule has 1 amide bonds. The average molecular weight is 316 g/mol. The molecule has 5 nitrogen and oxygen atoms in total. The summed E-state index contributed by atoms with van der Waals surface area (Å²) in [4.78, 5) is 13.5. The van der Waals surface area contributed by atoms with Gasteiger partial charge in [-0.05, 0) is 20.8 Å². The van der Waals surface area contributed by atoms with Crippen LogP contribution in [0.5, 0.6) is 0 Å². The number of hydrogen-bond acceptors (Lipinski definition) is 5. The molecule has 0 aliphatic rings. The van der Waals surface area contributed by atoms with Gasteiger partial charge in [-0.25, -0.2) is 0 Å². The number of amides is 1. The molecule has 0 bridgehead atoms. The van der Waals surface area contributed by atoms with E-state index < -0.39 is 6.72 Å². The Bertz CT molecular complexity index is 363. The molecule has 0 saturated carbocycles. The van der Waals surface area contributed by atoms with Gasteiger partial charge in [-0.1, -0.05) is 11.6 Å². The van der Waals surface area contributed by atoms with Gasteiger partial charge in [0.05, 0.1) is 0 Å². The maximum Gasteiger partial charge on any atom is 0.379 e. The molecule has 0 aliphatic carbocycles. The molecule has 18 heavy (non-hydrogen) atoms. The number of nitrogens with zero attached hydrogens (tertiary/aromatic N) is 1. The smallest absolute Gasteiger partial charge is 0.379 e. The maximum atomic E-state index is 12.0. The number of halogens is 1. The fraction of sp³-hybridized carbons (Fsp3) is 0.700. The highest BCUT2D eigenvalue weighted by Gasteiger charge is 2.23. The lowest BCUT2D eigenvalue weighted by Gasteiger charge is -2.22. The van der Waals surface area contributed by atoms with E-state index in [9.17, 15) is 4.79 Å². The summed E-state index contributed by atoms with van der Waals surface area (Å²) in [7, 11) is 2.77. The fourth-order valence-corrected chi connectivity index (χ4v) is 2.43. The zero-order valence-electron chi connectivity index (χ0n) is 11.2. The first kappa shape index (κ1) is 17.9. The highest BCUT2D eigenvalue weighted by molar-refractivity contribution is 8.07. The summed E-state index contributed by atoms with van der Waals surface area (Å²) in [6.45, 7) is 3.59. The summed E-state index contributed by atoms with van der Waals surface area (Å²) in [6.07, 6.45) is 0. The van der Waals surface area contributed by atoms with Crippen LogP contribution in [0.2, 0.25) is 0 Å². The van der Waals surface area contributed by atoms with E-state index in [1.165, 1.54) is 14.2 Å². The molecular formula is C10H19ClNO4PS. The van der Waals surface area contributed by atoms with Crippen LogP contribution in [0.25, 0.3) is 0 Å². The van der Waals surface area contributed by atoms with Crippen molar-refractivity contribution in [2.45, 2.75) is 20.8 Å². The van der Waals surface area contributed by atoms with Gasteiger partial charge >= 0.3 is 6.72 Å². The van der Waals surface area contributed by atoms with E-state index in [0.29, 0.717) is 13.1 Å². The van der Waals surface area contributed by atoms with Gasteiger partial charge in [0, 0.05) is 39.1 Å². The molecule has 0 aliphatic heterocycles. The van der Waals surface area contributed by atoms with E-state index in [-0.39, 0.29) is 16.7 Å². The minimum Gasteiger partial charge on any atom is -0.427 e. The zero-order chi connectivity index (χ0) is 14.3. The van der Waals surface area contributed by atoms with Crippen molar-refractivity contribution < 1.29 is 18.4 Å². The van der Waals surface area contributed by atoms with Gasteiger partial charge in [0.2, 0.25) is 0 Å². The van der Waals surface area contributed by atoms with Crippen LogP contribution in [-0.2, 0) is 30.2 Å². The lowest BCUT2D eigenvalue weighted by atomic mass is 10.4. The number of allylic oxidation sites excluding steroid dienone is 1. The third kappa shape index (κ3) is 4.86. The van der Waals surface area contributed by atoms with E-state index in [4.69, 9.17) is 37.0 Å². The summed E-state index contributed by atoms with van der Waals surface area (Å²) >= 11 is 11.0. The Labute approximate surface area is 118 Å². The highest BCUT2D eigenvalue weighted by Crippen LogP contribution is 2.50. The predicted octanol–water partition coefficient (Wildman–Crippen LogP) is 2.86. The van der Waals surface area contributed by atoms with Crippen LogP contribution in [0.1, 0.15) is 20.8 Å². The molecule has 0 rings (SSSR count). The van der Waals surface area contributed by atoms with Crippen LogP contribution in [0.4, 0.5) is 0 Å². The molecule has 0 heterocycles. The van der Waals surface area contributed by atoms with Crippen molar-refractivity contribution in [3.8, 4) is 0 Å². The normalized spacial score (nSPS) is 13.0. The van der Waals surface area contributed by atoms with Crippen LogP contribution < -0.4 is 0 Å². The average Bonchev–Trinajstić information content (AvgIpc) is 2.38. The monoisotopic (exact) mass is 315 g/mol. The van der Waals surface area contributed by atoms with E-state index in [1.807, 2.05) is 13.8 Å². The second-order valence-corrected chi connectivity index (χ2v) is 6.78. The highest BCUT2D eigenvalue weighted by atomic mass is 35.5. The Morgan fingerprint density at radius 2 is 1.72 bits per heavy atom. The largest absolute Gasteiger partial charge is 0.427 e. The Kier molecular flexibility index (Phi) is 8.06. The third-order valence-corrected chi connectivity index (χ3v) is 5.18. The molecule has 0 aromatic heterocycles. The van der Waals surface area contributed by atoms with E-state index in [2.05, 4.69) is 0 Å². The molecule has 0 unspecified atom stereocenters. The Morgan fingerprint density at radius 3 is 2.06 bits per heavy atom. The molecule has 0 aromatic carbocycles. The van der Waals surface area contributed by atoms with Crippen molar-refractivity contribution in [3.05, 3.63) is 10.8 Å². The quantitative estimate of drug-likeness (QED) is 0.411. The van der Waals surface area contributed by atoms with Crippen LogP contribution in [0, 0.1) is 0 Å². The SMILES string of the molecule is CCN(CC)C(=O)C(Cl)=C(C)OP(=S)(OC)OC. The molecule has 0 radical (unpaired) electrons. The molecule has 0 atom stereocenters. The van der Waals surface area contributed by atoms with Crippen LogP contribution in [0.15, 0.2) is 10.8 Å². The molecule has 8 heteroatoms. The first-order chi connectivity index (χ1) is 8.35. The summed E-state index contributed by atoms with van der Waals surface area (Å²) in [5.41, 5.74) is 0. The van der Waals surface area contributed by atoms with Crippen molar-refractivity contribution in [2.24, 2.45) is 0 Å². The lowest BCUT2D eigenvalue weighted by Crippen LogP contribution is -2.31. The Hall–Kier alpha value is -0.130. The first-order valence-electron chi connectivity index (χ1n) is 5.41. The van der Waals surface area contributed by atoms with Crippen molar-refractivity contribution >= 4 is 36.0 Å². The molecule has 0 aromatic rings. The second kappa shape index (κ2) is 8.12. The second-order valence-electron chi connectivity index (χ2n) is 3.25. The van der Waals surface area contributed by atoms with E-state index in [1.54, 1.807) is 11.8 Å². The third-order valence-electron chi connectivity index (χ3n) is 2.24. The van der Waals surface area contributed by atoms with Crippen LogP contribution in [-0.4, -0.2) is 38.1 Å². The number of carbonyl (C=O) groups is 1. The van der Waals surface area contributed by atoms with Crippen molar-refractivity contribution in [1.29, 1.82) is 0 Å². The Balaban J connectivity index is 5.02. The van der Waals surface area contributed by atoms with Gasteiger partial charge < -0.3 is 18.5 Å². The minimum atomic E-state index is -2.86. The standard InChI is InChI=1S/C10H19ClNO4PS/c1-6-12(7-2)10(13)9(11)8(3)16-17(18,14-4)15-5/h6-7H2,1-5H3. The van der Waals surface area contributed by atoms with E-state index >= 15 is 0 Å². The van der Waals surface area contributed by atoms with Gasteiger partial charge in [0.25, 0.3) is 5.91 Å². The van der Waals surface area contributed by atoms with Crippen molar-refractivity contribution in [1.82, 2.24) is 4.90 Å². The molecule has 0 N–H and O–H groups in total. The van der Waals surface area contributed by atoms with Gasteiger partial charge in [-0.3, -0.25) is 4.79 Å². The van der Waals surface area contributed by atoms with Crippen LogP contribution >= 0.6 is 18.3 Å². The predicted molar refractivity (Wildman–Crippen MR) is 75.9 cm³/mol. The molecule has 106 valence electrons. The molecule has 0 spiro atoms. The summed E-state index contributed by atoms with van der Waals surface area (Å²) in [5, 5.41) is -0.0120. The summed E-state index contributed by atoms with van der Waals surface area (Å²) < 4.78 is 15.3. The minimum absolute atomic E-state index is 0.0120. The van der Waals surface area contributed by atoms with Crippen LogP contribution in [0.3, 0.4) is 0 Å². The van der Waals surface area contributed by atoms with Gasteiger partial charge in [0.15, 0.2) is 0 Å². The molecule has 0 fully saturated rings. The maximum absolute atomic E-state index is 12.0. The number of hydrogen-bond donors (Lipinski definition) is 0. The molecule has 0 saturated heterocycles. The van der Waals surface area contributed by atoms with Crippen molar-refractivity contribution in [3.63, 3.8) is 0 Å². The van der Waals surface area contributed by atoms with Gasteiger partial charge in [-0.15, -0.1) is 0 Å². The number of carbonyl (C=O) groups excluding carboxylic acids is 1. The summed E-state index contributed by atoms with van der Waals surface area (Å²) in [6, 6.07) is 0. The topological polar surface area (TPSA) is 48.0 Å². The van der Waals surface area contributed by atoms with Gasteiger partial charge in [0.1, 0.15) is 10.8 Å². The zero-order valence-corrected chi connectivity index (χ0v) is 13.7. The first-order valence-corrected chi connectivity index (χ1v) is 8.35. The Morgan fingerprint density at radius 1 is 1.28 bits per heavy atom. The van der Waals surface area contributed by atoms with E-state index in [0.717, 1.165) is 0 Å². The summed E-state index contributed by atoms with van der Waals surface area (Å²) in [5.74, 6) is -0.0893.